The zero-order valence-corrected chi connectivity index (χ0v) is 14.8. The van der Waals surface area contributed by atoms with Gasteiger partial charge in [0.1, 0.15) is 5.69 Å². The number of amides is 1. The number of morpholine rings is 1. The minimum absolute atomic E-state index is 0.155. The first-order chi connectivity index (χ1) is 12.2. The fourth-order valence-corrected chi connectivity index (χ4v) is 4.48. The number of methoxy groups -OCH3 is 1. The summed E-state index contributed by atoms with van der Waals surface area (Å²) in [7, 11) is 1.66. The third kappa shape index (κ3) is 3.56. The maximum absolute atomic E-state index is 12.9. The van der Waals surface area contributed by atoms with E-state index in [0.29, 0.717) is 37.7 Å². The van der Waals surface area contributed by atoms with E-state index in [9.17, 15) is 4.79 Å². The van der Waals surface area contributed by atoms with Crippen LogP contribution in [0, 0.1) is 11.8 Å². The molecule has 1 aromatic heterocycles. The Labute approximate surface area is 148 Å². The molecular formula is C17H27N5O3. The summed E-state index contributed by atoms with van der Waals surface area (Å²) in [6, 6.07) is 0.449. The van der Waals surface area contributed by atoms with Crippen molar-refractivity contribution in [1.29, 1.82) is 0 Å². The van der Waals surface area contributed by atoms with Crippen molar-refractivity contribution < 1.29 is 14.3 Å². The Bertz CT molecular complexity index is 601. The maximum atomic E-state index is 12.9. The van der Waals surface area contributed by atoms with E-state index in [1.165, 1.54) is 0 Å². The summed E-state index contributed by atoms with van der Waals surface area (Å²) >= 11 is 0. The summed E-state index contributed by atoms with van der Waals surface area (Å²) in [5, 5.41) is 8.35. The van der Waals surface area contributed by atoms with E-state index in [4.69, 9.17) is 9.47 Å². The molecule has 1 aromatic rings. The van der Waals surface area contributed by atoms with Gasteiger partial charge in [0, 0.05) is 32.8 Å². The van der Waals surface area contributed by atoms with Crippen LogP contribution >= 0.6 is 0 Å². The van der Waals surface area contributed by atoms with Crippen LogP contribution in [-0.2, 0) is 27.4 Å². The summed E-state index contributed by atoms with van der Waals surface area (Å²) in [4.78, 5) is 17.4. The van der Waals surface area contributed by atoms with Crippen LogP contribution < -0.4 is 0 Å². The summed E-state index contributed by atoms with van der Waals surface area (Å²) in [5.74, 6) is 0.981. The molecule has 1 amide bonds. The first-order valence-electron chi connectivity index (χ1n) is 9.23. The Morgan fingerprint density at radius 2 is 2.20 bits per heavy atom. The van der Waals surface area contributed by atoms with Crippen LogP contribution in [0.15, 0.2) is 6.20 Å². The predicted octanol–water partition coefficient (Wildman–Crippen LogP) is -0.00630. The molecule has 4 fully saturated rings. The molecule has 0 saturated carbocycles. The molecule has 0 aromatic carbocycles. The molecule has 0 radical (unpaired) electrons. The number of rotatable bonds is 5. The van der Waals surface area contributed by atoms with E-state index >= 15 is 0 Å². The second-order valence-electron chi connectivity index (χ2n) is 7.34. The second kappa shape index (κ2) is 7.39. The predicted molar refractivity (Wildman–Crippen MR) is 89.7 cm³/mol. The van der Waals surface area contributed by atoms with Gasteiger partial charge in [-0.15, -0.1) is 5.10 Å². The molecule has 8 heteroatoms. The topological polar surface area (TPSA) is 72.7 Å². The van der Waals surface area contributed by atoms with Crippen molar-refractivity contribution in [2.45, 2.75) is 32.0 Å². The fraction of sp³-hybridized carbons (Fsp3) is 0.824. The van der Waals surface area contributed by atoms with Crippen LogP contribution in [0.3, 0.4) is 0 Å². The molecule has 4 aliphatic rings. The molecule has 4 aliphatic heterocycles. The summed E-state index contributed by atoms with van der Waals surface area (Å²) in [6.07, 6.45) is 4.16. The van der Waals surface area contributed by atoms with Gasteiger partial charge in [0.15, 0.2) is 0 Å². The second-order valence-corrected chi connectivity index (χ2v) is 7.34. The Hall–Kier alpha value is -1.51. The maximum Gasteiger partial charge on any atom is 0.227 e. The lowest BCUT2D eigenvalue weighted by molar-refractivity contribution is -0.148. The van der Waals surface area contributed by atoms with Crippen molar-refractivity contribution in [3.63, 3.8) is 0 Å². The summed E-state index contributed by atoms with van der Waals surface area (Å²) < 4.78 is 12.4. The van der Waals surface area contributed by atoms with Gasteiger partial charge in [-0.1, -0.05) is 5.21 Å². The van der Waals surface area contributed by atoms with Crippen molar-refractivity contribution in [1.82, 2.24) is 24.8 Å². The number of carbonyl (C=O) groups is 1. The smallest absolute Gasteiger partial charge is 0.227 e. The van der Waals surface area contributed by atoms with Crippen molar-refractivity contribution >= 4 is 5.91 Å². The highest BCUT2D eigenvalue weighted by molar-refractivity contribution is 5.79. The molecule has 2 unspecified atom stereocenters. The Balaban J connectivity index is 1.37. The third-order valence-corrected chi connectivity index (χ3v) is 5.79. The first-order valence-corrected chi connectivity index (χ1v) is 9.23. The van der Waals surface area contributed by atoms with Crippen molar-refractivity contribution in [2.24, 2.45) is 11.8 Å². The van der Waals surface area contributed by atoms with E-state index in [1.807, 2.05) is 15.8 Å². The van der Waals surface area contributed by atoms with E-state index in [-0.39, 0.29) is 5.92 Å². The van der Waals surface area contributed by atoms with Crippen molar-refractivity contribution in [3.05, 3.63) is 11.9 Å². The Kier molecular flexibility index (Phi) is 5.00. The number of piperidine rings is 3. The lowest BCUT2D eigenvalue weighted by Gasteiger charge is -2.50. The largest absolute Gasteiger partial charge is 0.378 e. The highest BCUT2D eigenvalue weighted by Gasteiger charge is 2.44. The van der Waals surface area contributed by atoms with Crippen LogP contribution in [0.4, 0.5) is 0 Å². The molecule has 4 saturated heterocycles. The molecule has 4 atom stereocenters. The lowest BCUT2D eigenvalue weighted by atomic mass is 9.75. The number of hydrogen-bond donors (Lipinski definition) is 0. The molecule has 25 heavy (non-hydrogen) atoms. The molecular weight excluding hydrogens is 322 g/mol. The zero-order valence-electron chi connectivity index (χ0n) is 14.8. The van der Waals surface area contributed by atoms with Crippen molar-refractivity contribution in [2.75, 3.05) is 46.5 Å². The molecule has 5 rings (SSSR count). The summed E-state index contributed by atoms with van der Waals surface area (Å²) in [5.41, 5.74) is 0.860. The third-order valence-electron chi connectivity index (χ3n) is 5.79. The van der Waals surface area contributed by atoms with Gasteiger partial charge in [-0.2, -0.15) is 0 Å². The van der Waals surface area contributed by atoms with Gasteiger partial charge >= 0.3 is 0 Å². The highest BCUT2D eigenvalue weighted by Crippen LogP contribution is 2.37. The molecule has 0 spiro atoms. The van der Waals surface area contributed by atoms with Crippen molar-refractivity contribution in [3.8, 4) is 0 Å². The molecule has 0 aliphatic carbocycles. The normalized spacial score (nSPS) is 32.1. The first kappa shape index (κ1) is 16.9. The van der Waals surface area contributed by atoms with E-state index in [0.717, 1.165) is 51.3 Å². The van der Waals surface area contributed by atoms with Gasteiger partial charge in [0.05, 0.1) is 38.5 Å². The number of carbonyl (C=O) groups excluding carboxylic acids is 1. The number of ether oxygens (including phenoxy) is 2. The molecule has 5 heterocycles. The average molecular weight is 349 g/mol. The van der Waals surface area contributed by atoms with Gasteiger partial charge in [-0.3, -0.25) is 14.4 Å². The Morgan fingerprint density at radius 1 is 1.36 bits per heavy atom. The van der Waals surface area contributed by atoms with Crippen LogP contribution in [0.25, 0.3) is 0 Å². The molecule has 138 valence electrons. The van der Waals surface area contributed by atoms with Crippen LogP contribution in [0.2, 0.25) is 0 Å². The van der Waals surface area contributed by atoms with Crippen LogP contribution in [-0.4, -0.2) is 83.2 Å². The monoisotopic (exact) mass is 349 g/mol. The van der Waals surface area contributed by atoms with E-state index < -0.39 is 0 Å². The number of fused-ring (bicyclic) bond motifs is 3. The van der Waals surface area contributed by atoms with Gasteiger partial charge in [0.2, 0.25) is 5.91 Å². The highest BCUT2D eigenvalue weighted by atomic mass is 16.5. The van der Waals surface area contributed by atoms with E-state index in [2.05, 4.69) is 15.2 Å². The minimum atomic E-state index is 0.155. The SMILES string of the molecule is COCc1cn(C[C@H]2CC3CCN2C[C@@H]3C(=O)N2CCOCC2)nn1. The fourth-order valence-electron chi connectivity index (χ4n) is 4.48. The average Bonchev–Trinajstić information content (AvgIpc) is 3.10. The Morgan fingerprint density at radius 3 is 2.92 bits per heavy atom. The van der Waals surface area contributed by atoms with Gasteiger partial charge in [0.25, 0.3) is 0 Å². The van der Waals surface area contributed by atoms with Gasteiger partial charge < -0.3 is 14.4 Å². The number of aromatic nitrogens is 3. The number of hydrogen-bond acceptors (Lipinski definition) is 6. The van der Waals surface area contributed by atoms with Crippen LogP contribution in [0.1, 0.15) is 18.5 Å². The number of nitrogens with zero attached hydrogens (tertiary/aromatic N) is 5. The summed E-state index contributed by atoms with van der Waals surface area (Å²) in [6.45, 7) is 6.13. The van der Waals surface area contributed by atoms with Crippen LogP contribution in [0.5, 0.6) is 0 Å². The quantitative estimate of drug-likeness (QED) is 0.745. The lowest BCUT2D eigenvalue weighted by Crippen LogP contribution is -2.59. The van der Waals surface area contributed by atoms with E-state index in [1.54, 1.807) is 7.11 Å². The zero-order chi connectivity index (χ0) is 17.2. The standard InChI is InChI=1S/C17H27N5O3/c1-24-12-14-9-22(19-18-14)10-15-8-13-2-3-21(15)11-16(13)17(23)20-4-6-25-7-5-20/h9,13,15-16H,2-8,10-12H2,1H3/t13?,15-,16+/m1/s1. The molecule has 0 N–H and O–H groups in total. The molecule has 8 nitrogen and oxygen atoms in total. The van der Waals surface area contributed by atoms with Gasteiger partial charge in [-0.05, 0) is 25.3 Å². The van der Waals surface area contributed by atoms with Gasteiger partial charge in [-0.25, -0.2) is 0 Å². The molecule has 2 bridgehead atoms. The minimum Gasteiger partial charge on any atom is -0.378 e.